The van der Waals surface area contributed by atoms with Crippen LogP contribution in [0.15, 0.2) is 48.7 Å². The van der Waals surface area contributed by atoms with Gasteiger partial charge < -0.3 is 5.73 Å². The van der Waals surface area contributed by atoms with Crippen molar-refractivity contribution < 1.29 is 4.39 Å². The van der Waals surface area contributed by atoms with Gasteiger partial charge in [-0.3, -0.25) is 0 Å². The fourth-order valence-electron chi connectivity index (χ4n) is 2.01. The molecule has 0 atom stereocenters. The summed E-state index contributed by atoms with van der Waals surface area (Å²) in [5.74, 6) is -0.308. The van der Waals surface area contributed by atoms with E-state index in [0.717, 1.165) is 5.56 Å². The minimum Gasteiger partial charge on any atom is -0.396 e. The Morgan fingerprint density at radius 2 is 1.76 bits per heavy atom. The minimum atomic E-state index is -0.308. The SMILES string of the molecule is Nc1cn(-c2ccc(Cl)cc2Cl)nc1-c1ccc(F)cc1. The van der Waals surface area contributed by atoms with Crippen molar-refractivity contribution in [2.45, 2.75) is 0 Å². The van der Waals surface area contributed by atoms with Gasteiger partial charge in [-0.25, -0.2) is 9.07 Å². The Kier molecular flexibility index (Phi) is 3.57. The van der Waals surface area contributed by atoms with E-state index in [2.05, 4.69) is 5.10 Å². The lowest BCUT2D eigenvalue weighted by molar-refractivity contribution is 0.628. The van der Waals surface area contributed by atoms with Crippen LogP contribution in [0, 0.1) is 5.82 Å². The number of halogens is 3. The number of hydrogen-bond acceptors (Lipinski definition) is 2. The third kappa shape index (κ3) is 2.73. The molecule has 2 aromatic carbocycles. The number of benzene rings is 2. The Hall–Kier alpha value is -2.04. The molecule has 0 aliphatic rings. The molecule has 0 unspecified atom stereocenters. The average molecular weight is 322 g/mol. The Balaban J connectivity index is 2.07. The van der Waals surface area contributed by atoms with Gasteiger partial charge in [0.1, 0.15) is 11.5 Å². The molecular weight excluding hydrogens is 312 g/mol. The zero-order valence-electron chi connectivity index (χ0n) is 10.7. The molecule has 106 valence electrons. The van der Waals surface area contributed by atoms with Gasteiger partial charge in [-0.1, -0.05) is 23.2 Å². The van der Waals surface area contributed by atoms with Crippen LogP contribution in [0.1, 0.15) is 0 Å². The van der Waals surface area contributed by atoms with Crippen LogP contribution >= 0.6 is 23.2 Å². The van der Waals surface area contributed by atoms with Crippen molar-refractivity contribution in [3.8, 4) is 16.9 Å². The van der Waals surface area contributed by atoms with Crippen molar-refractivity contribution in [1.82, 2.24) is 9.78 Å². The molecular formula is C15H10Cl2FN3. The summed E-state index contributed by atoms with van der Waals surface area (Å²) in [5, 5.41) is 5.42. The molecule has 2 N–H and O–H groups in total. The molecule has 1 aromatic heterocycles. The van der Waals surface area contributed by atoms with Gasteiger partial charge in [0.15, 0.2) is 0 Å². The minimum absolute atomic E-state index is 0.308. The summed E-state index contributed by atoms with van der Waals surface area (Å²) in [4.78, 5) is 0. The van der Waals surface area contributed by atoms with Gasteiger partial charge >= 0.3 is 0 Å². The number of nitrogens with zero attached hydrogens (tertiary/aromatic N) is 2. The van der Waals surface area contributed by atoms with Crippen molar-refractivity contribution >= 4 is 28.9 Å². The largest absolute Gasteiger partial charge is 0.396 e. The monoisotopic (exact) mass is 321 g/mol. The Bertz CT molecular complexity index is 797. The molecule has 21 heavy (non-hydrogen) atoms. The van der Waals surface area contributed by atoms with E-state index in [1.54, 1.807) is 41.2 Å². The zero-order valence-corrected chi connectivity index (χ0v) is 12.2. The van der Waals surface area contributed by atoms with Gasteiger partial charge in [0, 0.05) is 10.6 Å². The maximum Gasteiger partial charge on any atom is 0.123 e. The highest BCUT2D eigenvalue weighted by atomic mass is 35.5. The Morgan fingerprint density at radius 1 is 1.05 bits per heavy atom. The fraction of sp³-hybridized carbons (Fsp3) is 0. The molecule has 6 heteroatoms. The third-order valence-electron chi connectivity index (χ3n) is 3.02. The van der Waals surface area contributed by atoms with Crippen LogP contribution in [-0.4, -0.2) is 9.78 Å². The highest BCUT2D eigenvalue weighted by molar-refractivity contribution is 6.35. The molecule has 0 spiro atoms. The summed E-state index contributed by atoms with van der Waals surface area (Å²) in [6.07, 6.45) is 1.66. The summed E-state index contributed by atoms with van der Waals surface area (Å²) in [5.41, 5.74) is 8.43. The maximum atomic E-state index is 13.0. The predicted octanol–water partition coefficient (Wildman–Crippen LogP) is 4.57. The molecule has 0 saturated carbocycles. The lowest BCUT2D eigenvalue weighted by Crippen LogP contribution is -1.95. The summed E-state index contributed by atoms with van der Waals surface area (Å²) >= 11 is 12.0. The van der Waals surface area contributed by atoms with E-state index in [4.69, 9.17) is 28.9 Å². The summed E-state index contributed by atoms with van der Waals surface area (Å²) in [6.45, 7) is 0. The van der Waals surface area contributed by atoms with Crippen LogP contribution < -0.4 is 5.73 Å². The van der Waals surface area contributed by atoms with Crippen molar-refractivity contribution in [3.05, 3.63) is 64.5 Å². The molecule has 0 aliphatic heterocycles. The van der Waals surface area contributed by atoms with E-state index >= 15 is 0 Å². The van der Waals surface area contributed by atoms with E-state index in [-0.39, 0.29) is 5.82 Å². The smallest absolute Gasteiger partial charge is 0.123 e. The molecule has 1 heterocycles. The van der Waals surface area contributed by atoms with Crippen molar-refractivity contribution in [3.63, 3.8) is 0 Å². The first kappa shape index (κ1) is 13.9. The molecule has 0 bridgehead atoms. The Morgan fingerprint density at radius 3 is 2.43 bits per heavy atom. The molecule has 0 fully saturated rings. The number of hydrogen-bond donors (Lipinski definition) is 1. The molecule has 3 aromatic rings. The second kappa shape index (κ2) is 5.39. The number of rotatable bonds is 2. The van der Waals surface area contributed by atoms with E-state index in [9.17, 15) is 4.39 Å². The van der Waals surface area contributed by atoms with E-state index in [1.165, 1.54) is 12.1 Å². The first-order chi connectivity index (χ1) is 10.0. The molecule has 0 aliphatic carbocycles. The molecule has 0 radical (unpaired) electrons. The van der Waals surface area contributed by atoms with Crippen LogP contribution in [-0.2, 0) is 0 Å². The van der Waals surface area contributed by atoms with Gasteiger partial charge in [-0.05, 0) is 42.5 Å². The first-order valence-electron chi connectivity index (χ1n) is 6.11. The maximum absolute atomic E-state index is 13.0. The average Bonchev–Trinajstić information content (AvgIpc) is 2.81. The van der Waals surface area contributed by atoms with E-state index in [0.29, 0.717) is 27.1 Å². The van der Waals surface area contributed by atoms with Gasteiger partial charge in [0.25, 0.3) is 0 Å². The van der Waals surface area contributed by atoms with E-state index < -0.39 is 0 Å². The van der Waals surface area contributed by atoms with Crippen molar-refractivity contribution in [1.29, 1.82) is 0 Å². The molecule has 0 saturated heterocycles. The van der Waals surface area contributed by atoms with Crippen molar-refractivity contribution in [2.75, 3.05) is 5.73 Å². The normalized spacial score (nSPS) is 10.8. The lowest BCUT2D eigenvalue weighted by atomic mass is 10.1. The lowest BCUT2D eigenvalue weighted by Gasteiger charge is -2.04. The van der Waals surface area contributed by atoms with Crippen molar-refractivity contribution in [2.24, 2.45) is 0 Å². The zero-order chi connectivity index (χ0) is 15.0. The van der Waals surface area contributed by atoms with E-state index in [1.807, 2.05) is 0 Å². The molecule has 3 nitrogen and oxygen atoms in total. The summed E-state index contributed by atoms with van der Waals surface area (Å²) in [7, 11) is 0. The Labute approximate surface area is 130 Å². The van der Waals surface area contributed by atoms with Crippen LogP contribution in [0.3, 0.4) is 0 Å². The summed E-state index contributed by atoms with van der Waals surface area (Å²) in [6, 6.07) is 11.1. The fourth-order valence-corrected chi connectivity index (χ4v) is 2.50. The standard InChI is InChI=1S/C15H10Cl2FN3/c16-10-3-6-14(12(17)7-10)21-8-13(19)15(20-21)9-1-4-11(18)5-2-9/h1-8H,19H2. The second-order valence-corrected chi connectivity index (χ2v) is 5.32. The number of nitrogens with two attached hydrogens (primary N) is 1. The predicted molar refractivity (Wildman–Crippen MR) is 83.4 cm³/mol. The number of anilines is 1. The highest BCUT2D eigenvalue weighted by Gasteiger charge is 2.12. The highest BCUT2D eigenvalue weighted by Crippen LogP contribution is 2.29. The van der Waals surface area contributed by atoms with Crippen LogP contribution in [0.5, 0.6) is 0 Å². The number of nitrogen functional groups attached to an aromatic ring is 1. The van der Waals surface area contributed by atoms with Gasteiger partial charge in [0.2, 0.25) is 0 Å². The second-order valence-electron chi connectivity index (χ2n) is 4.48. The van der Waals surface area contributed by atoms with Gasteiger partial charge in [-0.2, -0.15) is 5.10 Å². The van der Waals surface area contributed by atoms with Crippen LogP contribution in [0.4, 0.5) is 10.1 Å². The quantitative estimate of drug-likeness (QED) is 0.751. The van der Waals surface area contributed by atoms with Crippen LogP contribution in [0.2, 0.25) is 10.0 Å². The third-order valence-corrected chi connectivity index (χ3v) is 3.55. The first-order valence-corrected chi connectivity index (χ1v) is 6.87. The van der Waals surface area contributed by atoms with Gasteiger partial charge in [-0.15, -0.1) is 0 Å². The number of aromatic nitrogens is 2. The topological polar surface area (TPSA) is 43.8 Å². The van der Waals surface area contributed by atoms with Crippen LogP contribution in [0.25, 0.3) is 16.9 Å². The molecule has 3 rings (SSSR count). The summed E-state index contributed by atoms with van der Waals surface area (Å²) < 4.78 is 14.6. The van der Waals surface area contributed by atoms with Gasteiger partial charge in [0.05, 0.1) is 22.6 Å². The molecule has 0 amide bonds.